The van der Waals surface area contributed by atoms with E-state index in [-0.39, 0.29) is 27.9 Å². The number of halogens is 2. The third-order valence-corrected chi connectivity index (χ3v) is 9.05. The Kier molecular flexibility index (Phi) is 11.8. The normalized spacial score (nSPS) is 14.2. The molecule has 0 bridgehead atoms. The zero-order valence-electron chi connectivity index (χ0n) is 31.1. The molecule has 2 heterocycles. The smallest absolute Gasteiger partial charge is 0.410 e. The van der Waals surface area contributed by atoms with Gasteiger partial charge < -0.3 is 34.0 Å². The fourth-order valence-electron chi connectivity index (χ4n) is 5.99. The van der Waals surface area contributed by atoms with Crippen LogP contribution in [0, 0.1) is 11.7 Å². The van der Waals surface area contributed by atoms with Crippen LogP contribution in [0.2, 0.25) is 5.02 Å². The first kappa shape index (κ1) is 38.3. The minimum absolute atomic E-state index is 0.000537. The molecule has 1 aliphatic heterocycles. The molecule has 0 radical (unpaired) electrons. The third kappa shape index (κ3) is 9.50. The van der Waals surface area contributed by atoms with Gasteiger partial charge in [-0.05, 0) is 81.5 Å². The number of hydrogen-bond donors (Lipinski definition) is 1. The fraction of sp³-hybridized carbons (Fsp3) is 0.513. The SMILES string of the molecule is CC(C)CCOC(C)(C)COCCN(C)c1nc(N2CCN(C(=O)OC(C)(C)C)CC2)c2cc(Cl)c(-c3cc(O)cc4ccccc34)c(F)c2n1. The first-order valence-electron chi connectivity index (χ1n) is 17.6. The van der Waals surface area contributed by atoms with Crippen LogP contribution in [0.15, 0.2) is 42.5 Å². The summed E-state index contributed by atoms with van der Waals surface area (Å²) in [6.45, 7) is 17.5. The van der Waals surface area contributed by atoms with Crippen LogP contribution in [0.1, 0.15) is 54.9 Å². The molecule has 0 unspecified atom stereocenters. The number of nitrogens with zero attached hydrogens (tertiary/aromatic N) is 5. The van der Waals surface area contributed by atoms with E-state index in [0.717, 1.165) is 17.2 Å². The molecule has 0 atom stereocenters. The topological polar surface area (TPSA) is 100 Å². The molecule has 5 rings (SSSR count). The molecule has 1 N–H and O–H groups in total. The second-order valence-corrected chi connectivity index (χ2v) is 15.6. The number of hydrogen-bond acceptors (Lipinski definition) is 9. The van der Waals surface area contributed by atoms with Crippen molar-refractivity contribution in [3.05, 3.63) is 53.3 Å². The molecule has 3 aromatic carbocycles. The molecule has 1 amide bonds. The molecule has 12 heteroatoms. The second-order valence-electron chi connectivity index (χ2n) is 15.2. The highest BCUT2D eigenvalue weighted by molar-refractivity contribution is 6.35. The maximum Gasteiger partial charge on any atom is 0.410 e. The summed E-state index contributed by atoms with van der Waals surface area (Å²) < 4.78 is 34.6. The van der Waals surface area contributed by atoms with Gasteiger partial charge in [-0.15, -0.1) is 0 Å². The maximum absolute atomic E-state index is 17.0. The minimum Gasteiger partial charge on any atom is -0.508 e. The summed E-state index contributed by atoms with van der Waals surface area (Å²) in [5.74, 6) is 0.776. The van der Waals surface area contributed by atoms with Crippen LogP contribution in [-0.2, 0) is 14.2 Å². The van der Waals surface area contributed by atoms with Crippen LogP contribution in [0.25, 0.3) is 32.8 Å². The predicted octanol–water partition coefficient (Wildman–Crippen LogP) is 8.30. The van der Waals surface area contributed by atoms with Crippen molar-refractivity contribution in [1.82, 2.24) is 14.9 Å². The van der Waals surface area contributed by atoms with Crippen LogP contribution in [0.3, 0.4) is 0 Å². The van der Waals surface area contributed by atoms with Gasteiger partial charge >= 0.3 is 6.09 Å². The van der Waals surface area contributed by atoms with E-state index in [1.165, 1.54) is 6.07 Å². The van der Waals surface area contributed by atoms with Gasteiger partial charge in [-0.25, -0.2) is 14.2 Å². The van der Waals surface area contributed by atoms with E-state index in [0.29, 0.717) is 81.2 Å². The lowest BCUT2D eigenvalue weighted by atomic mass is 9.96. The fourth-order valence-corrected chi connectivity index (χ4v) is 6.28. The molecule has 1 aliphatic rings. The van der Waals surface area contributed by atoms with Crippen molar-refractivity contribution in [2.45, 2.75) is 66.1 Å². The Balaban J connectivity index is 1.47. The molecule has 1 fully saturated rings. The molecule has 0 spiro atoms. The number of phenols is 1. The van der Waals surface area contributed by atoms with Crippen molar-refractivity contribution in [1.29, 1.82) is 0 Å². The molecule has 4 aromatic rings. The summed E-state index contributed by atoms with van der Waals surface area (Å²) in [6.07, 6.45) is 0.607. The highest BCUT2D eigenvalue weighted by atomic mass is 35.5. The van der Waals surface area contributed by atoms with Crippen molar-refractivity contribution in [3.63, 3.8) is 0 Å². The number of amides is 1. The number of rotatable bonds is 12. The standard InChI is InChI=1S/C39H51ClFN5O5/c1-25(2)13-19-50-39(6,7)24-49-20-18-44(8)36-42-34-30(35(43-36)45-14-16-46(17-15-45)37(48)51-38(3,4)5)23-31(40)32(33(34)41)29-22-27(47)21-26-11-9-10-12-28(26)29/h9-12,21-23,25,47H,13-20,24H2,1-8H3. The van der Waals surface area contributed by atoms with E-state index in [1.54, 1.807) is 17.0 Å². The Morgan fingerprint density at radius 3 is 2.41 bits per heavy atom. The second kappa shape index (κ2) is 15.8. The zero-order chi connectivity index (χ0) is 37.1. The average Bonchev–Trinajstić information content (AvgIpc) is 3.05. The summed E-state index contributed by atoms with van der Waals surface area (Å²) in [7, 11) is 1.84. The lowest BCUT2D eigenvalue weighted by Crippen LogP contribution is -2.50. The number of benzene rings is 3. The van der Waals surface area contributed by atoms with Gasteiger partial charge in [0.2, 0.25) is 5.95 Å². The first-order valence-corrected chi connectivity index (χ1v) is 18.0. The Bertz CT molecular complexity index is 1860. The van der Waals surface area contributed by atoms with Crippen molar-refractivity contribution in [2.24, 2.45) is 5.92 Å². The van der Waals surface area contributed by atoms with E-state index in [9.17, 15) is 9.90 Å². The molecule has 10 nitrogen and oxygen atoms in total. The minimum atomic E-state index is -0.615. The number of phenolic OH excluding ortho intramolecular Hbond substituents is 1. The van der Waals surface area contributed by atoms with E-state index in [2.05, 4.69) is 13.8 Å². The predicted molar refractivity (Wildman–Crippen MR) is 203 cm³/mol. The van der Waals surface area contributed by atoms with E-state index in [4.69, 9.17) is 35.8 Å². The van der Waals surface area contributed by atoms with Crippen LogP contribution < -0.4 is 9.80 Å². The van der Waals surface area contributed by atoms with Gasteiger partial charge in [0, 0.05) is 57.3 Å². The number of piperazine rings is 1. The quantitative estimate of drug-likeness (QED) is 0.145. The molecule has 0 saturated carbocycles. The number of carbonyl (C=O) groups excluding carboxylic acids is 1. The van der Waals surface area contributed by atoms with Crippen LogP contribution >= 0.6 is 11.6 Å². The maximum atomic E-state index is 17.0. The molecular formula is C39H51ClFN5O5. The van der Waals surface area contributed by atoms with Gasteiger partial charge in [-0.1, -0.05) is 49.7 Å². The Hall–Kier alpha value is -3.93. The lowest BCUT2D eigenvalue weighted by molar-refractivity contribution is -0.0763. The van der Waals surface area contributed by atoms with Crippen LogP contribution in [0.4, 0.5) is 21.0 Å². The van der Waals surface area contributed by atoms with Crippen molar-refractivity contribution in [2.75, 3.05) is 69.4 Å². The van der Waals surface area contributed by atoms with Crippen molar-refractivity contribution >= 4 is 51.1 Å². The largest absolute Gasteiger partial charge is 0.508 e. The summed E-state index contributed by atoms with van der Waals surface area (Å²) in [5, 5.41) is 12.7. The van der Waals surface area contributed by atoms with E-state index in [1.807, 2.05) is 75.7 Å². The summed E-state index contributed by atoms with van der Waals surface area (Å²) in [5.41, 5.74) is -0.334. The third-order valence-electron chi connectivity index (χ3n) is 8.75. The average molecular weight is 724 g/mol. The number of anilines is 2. The number of aromatic hydroxyl groups is 1. The summed E-state index contributed by atoms with van der Waals surface area (Å²) in [4.78, 5) is 28.0. The zero-order valence-corrected chi connectivity index (χ0v) is 31.8. The lowest BCUT2D eigenvalue weighted by Gasteiger charge is -2.36. The van der Waals surface area contributed by atoms with Gasteiger partial charge in [0.25, 0.3) is 0 Å². The molecule has 1 aromatic heterocycles. The van der Waals surface area contributed by atoms with E-state index < -0.39 is 17.0 Å². The highest BCUT2D eigenvalue weighted by Crippen LogP contribution is 2.42. The number of fused-ring (bicyclic) bond motifs is 2. The monoisotopic (exact) mass is 723 g/mol. The molecule has 276 valence electrons. The number of ether oxygens (including phenoxy) is 3. The van der Waals surface area contributed by atoms with Gasteiger partial charge in [-0.2, -0.15) is 4.98 Å². The number of aromatic nitrogens is 2. The molecule has 51 heavy (non-hydrogen) atoms. The van der Waals surface area contributed by atoms with Gasteiger partial charge in [0.05, 0.1) is 23.8 Å². The highest BCUT2D eigenvalue weighted by Gasteiger charge is 2.29. The van der Waals surface area contributed by atoms with Crippen LogP contribution in [-0.4, -0.2) is 96.9 Å². The number of carbonyl (C=O) groups is 1. The first-order chi connectivity index (χ1) is 24.0. The van der Waals surface area contributed by atoms with Gasteiger partial charge in [-0.3, -0.25) is 0 Å². The Labute approximate surface area is 305 Å². The van der Waals surface area contributed by atoms with Crippen LogP contribution in [0.5, 0.6) is 5.75 Å². The Morgan fingerprint density at radius 2 is 1.73 bits per heavy atom. The van der Waals surface area contributed by atoms with Crippen molar-refractivity contribution in [3.8, 4) is 16.9 Å². The summed E-state index contributed by atoms with van der Waals surface area (Å²) >= 11 is 6.90. The molecule has 0 aliphatic carbocycles. The molecular weight excluding hydrogens is 673 g/mol. The summed E-state index contributed by atoms with van der Waals surface area (Å²) in [6, 6.07) is 12.3. The van der Waals surface area contributed by atoms with Gasteiger partial charge in [0.1, 0.15) is 22.7 Å². The Morgan fingerprint density at radius 1 is 1.02 bits per heavy atom. The van der Waals surface area contributed by atoms with Crippen molar-refractivity contribution < 1.29 is 28.5 Å². The molecule has 1 saturated heterocycles. The van der Waals surface area contributed by atoms with E-state index >= 15 is 4.39 Å². The van der Waals surface area contributed by atoms with Gasteiger partial charge in [0.15, 0.2) is 5.82 Å². The number of likely N-dealkylation sites (N-methyl/N-ethyl adjacent to an activating group) is 1.